The SMILES string of the molecule is Cc1nc(NC(=O)c2ccc(Cl)c(Cl)c2)sc1S(=O)(=O)Cl. The van der Waals surface area contributed by atoms with Crippen molar-refractivity contribution in [2.75, 3.05) is 5.32 Å². The average molecular weight is 386 g/mol. The molecule has 2 aromatic rings. The fraction of sp³-hybridized carbons (Fsp3) is 0.0909. The third-order valence-corrected chi connectivity index (χ3v) is 6.37. The van der Waals surface area contributed by atoms with Crippen molar-refractivity contribution >= 4 is 65.3 Å². The molecular weight excluding hydrogens is 379 g/mol. The van der Waals surface area contributed by atoms with Crippen LogP contribution in [0.1, 0.15) is 16.1 Å². The van der Waals surface area contributed by atoms with Crippen molar-refractivity contribution in [3.8, 4) is 0 Å². The van der Waals surface area contributed by atoms with Gasteiger partial charge in [0.2, 0.25) is 0 Å². The number of nitrogens with one attached hydrogen (secondary N) is 1. The average Bonchev–Trinajstić information content (AvgIpc) is 2.73. The first-order valence-corrected chi connectivity index (χ1v) is 9.25. The van der Waals surface area contributed by atoms with E-state index in [4.69, 9.17) is 33.9 Å². The van der Waals surface area contributed by atoms with Gasteiger partial charge in [0.25, 0.3) is 15.0 Å². The molecule has 21 heavy (non-hydrogen) atoms. The Morgan fingerprint density at radius 3 is 2.48 bits per heavy atom. The van der Waals surface area contributed by atoms with Gasteiger partial charge in [0.15, 0.2) is 9.34 Å². The van der Waals surface area contributed by atoms with Gasteiger partial charge in [-0.1, -0.05) is 34.5 Å². The number of nitrogens with zero attached hydrogens (tertiary/aromatic N) is 1. The van der Waals surface area contributed by atoms with Crippen LogP contribution in [0.3, 0.4) is 0 Å². The standard InChI is InChI=1S/C11H7Cl3N2O3S2/c1-5-10(21(14,18)19)20-11(15-5)16-9(17)6-2-3-7(12)8(13)4-6/h2-4H,1H3,(H,15,16,17). The molecule has 1 aromatic carbocycles. The molecule has 2 rings (SSSR count). The van der Waals surface area contributed by atoms with E-state index in [0.29, 0.717) is 5.02 Å². The van der Waals surface area contributed by atoms with Crippen LogP contribution in [0.15, 0.2) is 22.4 Å². The first-order valence-electron chi connectivity index (χ1n) is 5.37. The first-order chi connectivity index (χ1) is 9.68. The number of rotatable bonds is 3. The molecule has 1 amide bonds. The molecule has 1 N–H and O–H groups in total. The zero-order chi connectivity index (χ0) is 15.8. The van der Waals surface area contributed by atoms with E-state index in [2.05, 4.69) is 10.3 Å². The fourth-order valence-corrected chi connectivity index (χ4v) is 4.11. The van der Waals surface area contributed by atoms with Gasteiger partial charge in [-0.3, -0.25) is 10.1 Å². The molecule has 10 heteroatoms. The predicted octanol–water partition coefficient (Wildman–Crippen LogP) is 3.94. The Morgan fingerprint density at radius 1 is 1.29 bits per heavy atom. The van der Waals surface area contributed by atoms with Gasteiger partial charge >= 0.3 is 0 Å². The van der Waals surface area contributed by atoms with E-state index in [-0.39, 0.29) is 25.6 Å². The van der Waals surface area contributed by atoms with Crippen LogP contribution < -0.4 is 5.32 Å². The molecule has 0 bridgehead atoms. The molecule has 5 nitrogen and oxygen atoms in total. The molecular formula is C11H7Cl3N2O3S2. The maximum Gasteiger partial charge on any atom is 0.272 e. The second-order valence-corrected chi connectivity index (χ2v) is 8.49. The number of hydrogen-bond donors (Lipinski definition) is 1. The lowest BCUT2D eigenvalue weighted by molar-refractivity contribution is 0.102. The minimum absolute atomic E-state index is 0.103. The zero-order valence-corrected chi connectivity index (χ0v) is 14.3. The van der Waals surface area contributed by atoms with Gasteiger partial charge < -0.3 is 0 Å². The van der Waals surface area contributed by atoms with Crippen LogP contribution >= 0.6 is 45.2 Å². The van der Waals surface area contributed by atoms with Gasteiger partial charge in [0.1, 0.15) is 0 Å². The van der Waals surface area contributed by atoms with Crippen molar-refractivity contribution < 1.29 is 13.2 Å². The number of amides is 1. The van der Waals surface area contributed by atoms with Crippen LogP contribution in [-0.4, -0.2) is 19.3 Å². The molecule has 0 aliphatic carbocycles. The van der Waals surface area contributed by atoms with Gasteiger partial charge in [-0.15, -0.1) is 0 Å². The molecule has 0 aliphatic heterocycles. The number of carbonyl (C=O) groups is 1. The summed E-state index contributed by atoms with van der Waals surface area (Å²) in [4.78, 5) is 16.0. The van der Waals surface area contributed by atoms with E-state index < -0.39 is 15.0 Å². The lowest BCUT2D eigenvalue weighted by Crippen LogP contribution is -2.11. The summed E-state index contributed by atoms with van der Waals surface area (Å²) in [5.74, 6) is -0.485. The Hall–Kier alpha value is -0.860. The summed E-state index contributed by atoms with van der Waals surface area (Å²) in [5, 5.41) is 3.18. The molecule has 0 saturated carbocycles. The summed E-state index contributed by atoms with van der Waals surface area (Å²) in [6.45, 7) is 1.49. The summed E-state index contributed by atoms with van der Waals surface area (Å²) in [6, 6.07) is 4.38. The van der Waals surface area contributed by atoms with Crippen molar-refractivity contribution in [1.82, 2.24) is 4.98 Å². The van der Waals surface area contributed by atoms with Gasteiger partial charge in [-0.05, 0) is 25.1 Å². The van der Waals surface area contributed by atoms with E-state index in [0.717, 1.165) is 11.3 Å². The summed E-state index contributed by atoms with van der Waals surface area (Å²) < 4.78 is 22.5. The molecule has 0 saturated heterocycles. The van der Waals surface area contributed by atoms with Gasteiger partial charge in [0, 0.05) is 16.2 Å². The third-order valence-electron chi connectivity index (χ3n) is 2.38. The minimum atomic E-state index is -3.89. The summed E-state index contributed by atoms with van der Waals surface area (Å²) in [6.07, 6.45) is 0. The summed E-state index contributed by atoms with van der Waals surface area (Å²) >= 11 is 12.4. The first kappa shape index (κ1) is 16.5. The van der Waals surface area contributed by atoms with E-state index in [1.54, 1.807) is 0 Å². The molecule has 0 aliphatic rings. The normalized spacial score (nSPS) is 11.4. The number of hydrogen-bond acceptors (Lipinski definition) is 5. The minimum Gasteiger partial charge on any atom is -0.298 e. The molecule has 0 spiro atoms. The Morgan fingerprint density at radius 2 is 1.95 bits per heavy atom. The maximum atomic E-state index is 12.0. The molecule has 0 fully saturated rings. The van der Waals surface area contributed by atoms with Crippen LogP contribution in [0.25, 0.3) is 0 Å². The Balaban J connectivity index is 2.26. The third kappa shape index (κ3) is 3.87. The van der Waals surface area contributed by atoms with E-state index in [1.807, 2.05) is 0 Å². The fourth-order valence-electron chi connectivity index (χ4n) is 1.47. The quantitative estimate of drug-likeness (QED) is 0.812. The molecule has 0 unspecified atom stereocenters. The highest BCUT2D eigenvalue weighted by molar-refractivity contribution is 8.15. The topological polar surface area (TPSA) is 76.1 Å². The number of aromatic nitrogens is 1. The monoisotopic (exact) mass is 384 g/mol. The van der Waals surface area contributed by atoms with Crippen LogP contribution in [0, 0.1) is 6.92 Å². The van der Waals surface area contributed by atoms with Crippen molar-refractivity contribution in [1.29, 1.82) is 0 Å². The molecule has 1 aromatic heterocycles. The van der Waals surface area contributed by atoms with Crippen LogP contribution in [0.2, 0.25) is 10.0 Å². The molecule has 1 heterocycles. The number of carbonyl (C=O) groups excluding carboxylic acids is 1. The number of thiazole rings is 1. The highest BCUT2D eigenvalue weighted by Crippen LogP contribution is 2.30. The Labute approximate surface area is 139 Å². The van der Waals surface area contributed by atoms with Crippen LogP contribution in [-0.2, 0) is 9.05 Å². The van der Waals surface area contributed by atoms with E-state index in [9.17, 15) is 13.2 Å². The second-order valence-electron chi connectivity index (χ2n) is 3.91. The molecule has 0 radical (unpaired) electrons. The van der Waals surface area contributed by atoms with Crippen molar-refractivity contribution in [3.63, 3.8) is 0 Å². The number of anilines is 1. The summed E-state index contributed by atoms with van der Waals surface area (Å²) in [5.41, 5.74) is 0.493. The highest BCUT2D eigenvalue weighted by atomic mass is 35.7. The van der Waals surface area contributed by atoms with Crippen LogP contribution in [0.4, 0.5) is 5.13 Å². The Bertz CT molecular complexity index is 818. The lowest BCUT2D eigenvalue weighted by Gasteiger charge is -2.03. The maximum absolute atomic E-state index is 12.0. The zero-order valence-electron chi connectivity index (χ0n) is 10.4. The van der Waals surface area contributed by atoms with Crippen molar-refractivity contribution in [2.45, 2.75) is 11.1 Å². The number of benzene rings is 1. The number of halogens is 3. The molecule has 0 atom stereocenters. The number of aryl methyl sites for hydroxylation is 1. The van der Waals surface area contributed by atoms with Crippen LogP contribution in [0.5, 0.6) is 0 Å². The van der Waals surface area contributed by atoms with Gasteiger partial charge in [0.05, 0.1) is 15.7 Å². The largest absolute Gasteiger partial charge is 0.298 e. The van der Waals surface area contributed by atoms with Crippen molar-refractivity contribution in [2.24, 2.45) is 0 Å². The lowest BCUT2D eigenvalue weighted by atomic mass is 10.2. The summed E-state index contributed by atoms with van der Waals surface area (Å²) in [7, 11) is 1.38. The molecule has 112 valence electrons. The second kappa shape index (κ2) is 6.10. The smallest absolute Gasteiger partial charge is 0.272 e. The highest BCUT2D eigenvalue weighted by Gasteiger charge is 2.20. The Kier molecular flexibility index (Phi) is 4.79. The van der Waals surface area contributed by atoms with E-state index >= 15 is 0 Å². The predicted molar refractivity (Wildman–Crippen MR) is 84.3 cm³/mol. The van der Waals surface area contributed by atoms with Crippen molar-refractivity contribution in [3.05, 3.63) is 39.5 Å². The van der Waals surface area contributed by atoms with E-state index in [1.165, 1.54) is 25.1 Å². The van der Waals surface area contributed by atoms with Gasteiger partial charge in [-0.25, -0.2) is 13.4 Å². The van der Waals surface area contributed by atoms with Gasteiger partial charge in [-0.2, -0.15) is 0 Å².